The molecule has 0 atom stereocenters. The first-order valence-electron chi connectivity index (χ1n) is 6.19. The highest BCUT2D eigenvalue weighted by Crippen LogP contribution is 2.15. The minimum absolute atomic E-state index is 0.0981. The van der Waals surface area contributed by atoms with Crippen molar-refractivity contribution in [3.8, 4) is 0 Å². The van der Waals surface area contributed by atoms with Crippen molar-refractivity contribution < 1.29 is 4.79 Å². The molecule has 0 saturated heterocycles. The highest BCUT2D eigenvalue weighted by Gasteiger charge is 2.10. The Balaban J connectivity index is 1.95. The fourth-order valence-electron chi connectivity index (χ4n) is 1.92. The monoisotopic (exact) mass is 258 g/mol. The van der Waals surface area contributed by atoms with Gasteiger partial charge in [-0.1, -0.05) is 6.07 Å². The topological polar surface area (TPSA) is 72.9 Å². The summed E-state index contributed by atoms with van der Waals surface area (Å²) in [5.74, 6) is 0.851. The van der Waals surface area contributed by atoms with Gasteiger partial charge in [0.05, 0.1) is 0 Å². The molecule has 5 heteroatoms. The zero-order valence-electron chi connectivity index (χ0n) is 11.2. The van der Waals surface area contributed by atoms with Crippen molar-refractivity contribution in [2.45, 2.75) is 13.3 Å². The predicted octanol–water partition coefficient (Wildman–Crippen LogP) is 1.28. The summed E-state index contributed by atoms with van der Waals surface area (Å²) in [4.78, 5) is 16.2. The van der Waals surface area contributed by atoms with Gasteiger partial charge in [0.15, 0.2) is 0 Å². The number of nitrogens with one attached hydrogen (secondary N) is 1. The summed E-state index contributed by atoms with van der Waals surface area (Å²) >= 11 is 0. The lowest BCUT2D eigenvalue weighted by molar-refractivity contribution is 0.0953. The molecule has 0 unspecified atom stereocenters. The van der Waals surface area contributed by atoms with E-state index in [0.29, 0.717) is 24.2 Å². The Kier molecular flexibility index (Phi) is 3.85. The highest BCUT2D eigenvalue weighted by molar-refractivity contribution is 5.96. The Morgan fingerprint density at radius 3 is 2.95 bits per heavy atom. The molecule has 2 aromatic rings. The number of anilines is 1. The number of rotatable bonds is 4. The first-order chi connectivity index (χ1) is 9.09. The fraction of sp³-hybridized carbons (Fsp3) is 0.286. The molecule has 0 aliphatic carbocycles. The van der Waals surface area contributed by atoms with Gasteiger partial charge in [-0.3, -0.25) is 4.79 Å². The number of amides is 1. The predicted molar refractivity (Wildman–Crippen MR) is 74.8 cm³/mol. The van der Waals surface area contributed by atoms with E-state index in [1.54, 1.807) is 24.4 Å². The van der Waals surface area contributed by atoms with Crippen molar-refractivity contribution in [2.75, 3.05) is 12.3 Å². The van der Waals surface area contributed by atoms with Gasteiger partial charge in [-0.2, -0.15) is 0 Å². The van der Waals surface area contributed by atoms with Crippen molar-refractivity contribution in [3.63, 3.8) is 0 Å². The van der Waals surface area contributed by atoms with E-state index in [-0.39, 0.29) is 5.91 Å². The van der Waals surface area contributed by atoms with Gasteiger partial charge >= 0.3 is 0 Å². The van der Waals surface area contributed by atoms with Gasteiger partial charge in [-0.05, 0) is 24.6 Å². The molecule has 19 heavy (non-hydrogen) atoms. The molecule has 3 N–H and O–H groups in total. The van der Waals surface area contributed by atoms with Gasteiger partial charge in [0.2, 0.25) is 0 Å². The van der Waals surface area contributed by atoms with Crippen LogP contribution in [0.25, 0.3) is 0 Å². The third-order valence-electron chi connectivity index (χ3n) is 3.18. The second-order valence-electron chi connectivity index (χ2n) is 4.48. The quantitative estimate of drug-likeness (QED) is 0.811. The Labute approximate surface area is 112 Å². The minimum atomic E-state index is -0.0981. The average Bonchev–Trinajstić information content (AvgIpc) is 2.78. The minimum Gasteiger partial charge on any atom is -0.398 e. The molecule has 5 nitrogen and oxygen atoms in total. The Bertz CT molecular complexity index is 589. The summed E-state index contributed by atoms with van der Waals surface area (Å²) in [6.45, 7) is 2.40. The van der Waals surface area contributed by atoms with Crippen LogP contribution in [0.1, 0.15) is 21.7 Å². The molecule has 2 rings (SSSR count). The van der Waals surface area contributed by atoms with E-state index in [1.165, 1.54) is 0 Å². The van der Waals surface area contributed by atoms with E-state index < -0.39 is 0 Å². The second-order valence-corrected chi connectivity index (χ2v) is 4.48. The van der Waals surface area contributed by atoms with Crippen molar-refractivity contribution in [2.24, 2.45) is 7.05 Å². The first kappa shape index (κ1) is 13.1. The van der Waals surface area contributed by atoms with Crippen molar-refractivity contribution in [1.29, 1.82) is 0 Å². The third-order valence-corrected chi connectivity index (χ3v) is 3.18. The maximum Gasteiger partial charge on any atom is 0.251 e. The van der Waals surface area contributed by atoms with Crippen LogP contribution in [0.15, 0.2) is 30.6 Å². The molecule has 0 spiro atoms. The normalized spacial score (nSPS) is 10.4. The maximum absolute atomic E-state index is 12.0. The molecule has 0 aliphatic heterocycles. The number of aryl methyl sites for hydroxylation is 1. The fourth-order valence-corrected chi connectivity index (χ4v) is 1.92. The van der Waals surface area contributed by atoms with Crippen LogP contribution in [0.2, 0.25) is 0 Å². The molecule has 0 aliphatic rings. The van der Waals surface area contributed by atoms with Crippen LogP contribution in [0.3, 0.4) is 0 Å². The number of nitrogens with two attached hydrogens (primary N) is 1. The third kappa shape index (κ3) is 2.93. The Hall–Kier alpha value is -2.30. The van der Waals surface area contributed by atoms with Crippen LogP contribution < -0.4 is 11.1 Å². The summed E-state index contributed by atoms with van der Waals surface area (Å²) < 4.78 is 1.94. The van der Waals surface area contributed by atoms with Gasteiger partial charge in [-0.15, -0.1) is 0 Å². The average molecular weight is 258 g/mol. The van der Waals surface area contributed by atoms with Gasteiger partial charge in [0, 0.05) is 43.7 Å². The lowest BCUT2D eigenvalue weighted by Crippen LogP contribution is -2.27. The molecular formula is C14H18N4O. The Morgan fingerprint density at radius 1 is 1.47 bits per heavy atom. The van der Waals surface area contributed by atoms with Crippen LogP contribution in [-0.4, -0.2) is 22.0 Å². The lowest BCUT2D eigenvalue weighted by atomic mass is 10.1. The van der Waals surface area contributed by atoms with Crippen LogP contribution in [0.5, 0.6) is 0 Å². The second kappa shape index (κ2) is 5.56. The van der Waals surface area contributed by atoms with Crippen molar-refractivity contribution in [1.82, 2.24) is 14.9 Å². The summed E-state index contributed by atoms with van der Waals surface area (Å²) in [6, 6.07) is 5.36. The summed E-state index contributed by atoms with van der Waals surface area (Å²) in [7, 11) is 1.94. The zero-order chi connectivity index (χ0) is 13.8. The molecule has 1 amide bonds. The van der Waals surface area contributed by atoms with Gasteiger partial charge in [0.25, 0.3) is 5.91 Å². The number of hydrogen-bond donors (Lipinski definition) is 2. The van der Waals surface area contributed by atoms with Crippen LogP contribution in [-0.2, 0) is 13.5 Å². The number of benzene rings is 1. The summed E-state index contributed by atoms with van der Waals surface area (Å²) in [6.07, 6.45) is 4.34. The molecule has 1 heterocycles. The number of aromatic nitrogens is 2. The van der Waals surface area contributed by atoms with Gasteiger partial charge in [0.1, 0.15) is 5.82 Å². The van der Waals surface area contributed by atoms with E-state index in [1.807, 2.05) is 24.7 Å². The van der Waals surface area contributed by atoms with Crippen LogP contribution >= 0.6 is 0 Å². The van der Waals surface area contributed by atoms with Crippen LogP contribution in [0.4, 0.5) is 5.69 Å². The molecule has 0 bridgehead atoms. The highest BCUT2D eigenvalue weighted by atomic mass is 16.1. The zero-order valence-corrected chi connectivity index (χ0v) is 11.2. The van der Waals surface area contributed by atoms with Crippen molar-refractivity contribution in [3.05, 3.63) is 47.5 Å². The maximum atomic E-state index is 12.0. The number of imidazole rings is 1. The van der Waals surface area contributed by atoms with E-state index in [2.05, 4.69) is 10.3 Å². The summed E-state index contributed by atoms with van der Waals surface area (Å²) in [5.41, 5.74) is 7.87. The molecule has 1 aromatic heterocycles. The number of carbonyl (C=O) groups is 1. The van der Waals surface area contributed by atoms with Gasteiger partial charge in [-0.25, -0.2) is 4.98 Å². The van der Waals surface area contributed by atoms with Crippen molar-refractivity contribution >= 4 is 11.6 Å². The SMILES string of the molecule is Cc1c(N)cccc1C(=O)NCCc1nccn1C. The molecule has 100 valence electrons. The van der Waals surface area contributed by atoms with E-state index in [4.69, 9.17) is 5.73 Å². The lowest BCUT2D eigenvalue weighted by Gasteiger charge is -2.09. The number of nitrogens with zero attached hydrogens (tertiary/aromatic N) is 2. The Morgan fingerprint density at radius 2 is 2.26 bits per heavy atom. The van der Waals surface area contributed by atoms with Gasteiger partial charge < -0.3 is 15.6 Å². The van der Waals surface area contributed by atoms with E-state index in [0.717, 1.165) is 11.4 Å². The molecule has 0 fully saturated rings. The number of nitrogen functional groups attached to an aromatic ring is 1. The standard InChI is InChI=1S/C14H18N4O/c1-10-11(4-3-5-12(10)15)14(19)17-7-6-13-16-8-9-18(13)2/h3-5,8-9H,6-7,15H2,1-2H3,(H,17,19). The molecular weight excluding hydrogens is 240 g/mol. The number of hydrogen-bond acceptors (Lipinski definition) is 3. The molecule has 1 aromatic carbocycles. The molecule has 0 saturated carbocycles. The largest absolute Gasteiger partial charge is 0.398 e. The molecule has 0 radical (unpaired) electrons. The first-order valence-corrected chi connectivity index (χ1v) is 6.19. The summed E-state index contributed by atoms with van der Waals surface area (Å²) in [5, 5.41) is 2.88. The van der Waals surface area contributed by atoms with Crippen LogP contribution in [0, 0.1) is 6.92 Å². The van der Waals surface area contributed by atoms with E-state index >= 15 is 0 Å². The van der Waals surface area contributed by atoms with E-state index in [9.17, 15) is 4.79 Å². The number of carbonyl (C=O) groups excluding carboxylic acids is 1. The smallest absolute Gasteiger partial charge is 0.251 e.